The van der Waals surface area contributed by atoms with Gasteiger partial charge in [-0.05, 0) is 42.3 Å². The van der Waals surface area contributed by atoms with Crippen molar-refractivity contribution in [3.8, 4) is 0 Å². The van der Waals surface area contributed by atoms with Crippen molar-refractivity contribution < 1.29 is 17.9 Å². The second kappa shape index (κ2) is 8.87. The van der Waals surface area contributed by atoms with Crippen LogP contribution in [-0.4, -0.2) is 44.9 Å². The van der Waals surface area contributed by atoms with Crippen molar-refractivity contribution in [2.75, 3.05) is 31.6 Å². The number of amides is 1. The van der Waals surface area contributed by atoms with Crippen LogP contribution in [0.4, 0.5) is 5.69 Å². The zero-order chi connectivity index (χ0) is 20.1. The van der Waals surface area contributed by atoms with Crippen molar-refractivity contribution in [1.82, 2.24) is 4.31 Å². The summed E-state index contributed by atoms with van der Waals surface area (Å²) in [5, 5.41) is 3.28. The van der Waals surface area contributed by atoms with Crippen molar-refractivity contribution in [1.29, 1.82) is 0 Å². The zero-order valence-corrected chi connectivity index (χ0v) is 17.0. The molecule has 0 atom stereocenters. The van der Waals surface area contributed by atoms with Gasteiger partial charge in [-0.15, -0.1) is 0 Å². The Labute approximate surface area is 169 Å². The highest BCUT2D eigenvalue weighted by atomic mass is 35.5. The molecular formula is C20H21ClN2O4S. The highest BCUT2D eigenvalue weighted by Gasteiger charge is 2.26. The van der Waals surface area contributed by atoms with Crippen LogP contribution in [0.3, 0.4) is 0 Å². The molecule has 0 bridgehead atoms. The van der Waals surface area contributed by atoms with Gasteiger partial charge >= 0.3 is 0 Å². The molecule has 0 saturated carbocycles. The molecule has 0 unspecified atom stereocenters. The SMILES string of the molecule is Cc1ccc(S(=O)(=O)N2CCOCC2)cc1NC(=O)/C=C/c1ccccc1Cl. The van der Waals surface area contributed by atoms with Crippen LogP contribution in [0.5, 0.6) is 0 Å². The Kier molecular flexibility index (Phi) is 6.51. The van der Waals surface area contributed by atoms with Gasteiger partial charge in [-0.25, -0.2) is 8.42 Å². The minimum absolute atomic E-state index is 0.144. The van der Waals surface area contributed by atoms with E-state index in [1.54, 1.807) is 37.3 Å². The van der Waals surface area contributed by atoms with Gasteiger partial charge in [0.15, 0.2) is 0 Å². The maximum Gasteiger partial charge on any atom is 0.248 e. The number of hydrogen-bond acceptors (Lipinski definition) is 4. The molecule has 3 rings (SSSR count). The number of rotatable bonds is 5. The Morgan fingerprint density at radius 3 is 2.61 bits per heavy atom. The first-order valence-electron chi connectivity index (χ1n) is 8.80. The van der Waals surface area contributed by atoms with Crippen molar-refractivity contribution in [3.05, 3.63) is 64.7 Å². The van der Waals surface area contributed by atoms with E-state index in [-0.39, 0.29) is 10.8 Å². The van der Waals surface area contributed by atoms with Crippen molar-refractivity contribution in [2.45, 2.75) is 11.8 Å². The largest absolute Gasteiger partial charge is 0.379 e. The molecule has 1 aliphatic heterocycles. The van der Waals surface area contributed by atoms with E-state index in [1.807, 2.05) is 12.1 Å². The number of nitrogens with zero attached hydrogens (tertiary/aromatic N) is 1. The number of aryl methyl sites for hydroxylation is 1. The van der Waals surface area contributed by atoms with E-state index >= 15 is 0 Å². The highest BCUT2D eigenvalue weighted by Crippen LogP contribution is 2.24. The Balaban J connectivity index is 1.78. The summed E-state index contributed by atoms with van der Waals surface area (Å²) in [5.74, 6) is -0.371. The molecule has 0 aliphatic carbocycles. The Morgan fingerprint density at radius 1 is 1.18 bits per heavy atom. The molecule has 1 saturated heterocycles. The fourth-order valence-corrected chi connectivity index (χ4v) is 4.42. The van der Waals surface area contributed by atoms with Crippen molar-refractivity contribution in [3.63, 3.8) is 0 Å². The second-order valence-electron chi connectivity index (χ2n) is 6.34. The van der Waals surface area contributed by atoms with Crippen LogP contribution in [0.1, 0.15) is 11.1 Å². The second-order valence-corrected chi connectivity index (χ2v) is 8.68. The van der Waals surface area contributed by atoms with Crippen molar-refractivity contribution >= 4 is 39.3 Å². The molecule has 6 nitrogen and oxygen atoms in total. The van der Waals surface area contributed by atoms with E-state index in [0.29, 0.717) is 37.0 Å². The number of nitrogens with one attached hydrogen (secondary N) is 1. The van der Waals surface area contributed by atoms with Crippen LogP contribution in [0.2, 0.25) is 5.02 Å². The summed E-state index contributed by atoms with van der Waals surface area (Å²) in [6.45, 7) is 3.19. The minimum atomic E-state index is -3.63. The monoisotopic (exact) mass is 420 g/mol. The van der Waals surface area contributed by atoms with Gasteiger partial charge < -0.3 is 10.1 Å². The van der Waals surface area contributed by atoms with Crippen LogP contribution < -0.4 is 5.32 Å². The van der Waals surface area contributed by atoms with Crippen molar-refractivity contribution in [2.24, 2.45) is 0 Å². The zero-order valence-electron chi connectivity index (χ0n) is 15.4. The van der Waals surface area contributed by atoms with E-state index in [9.17, 15) is 13.2 Å². The van der Waals surface area contributed by atoms with E-state index in [0.717, 1.165) is 11.1 Å². The number of morpholine rings is 1. The van der Waals surface area contributed by atoms with Gasteiger partial charge in [0.1, 0.15) is 0 Å². The molecule has 1 amide bonds. The molecule has 28 heavy (non-hydrogen) atoms. The predicted molar refractivity (Wildman–Crippen MR) is 110 cm³/mol. The average Bonchev–Trinajstić information content (AvgIpc) is 2.69. The third-order valence-corrected chi connectivity index (χ3v) is 6.63. The third kappa shape index (κ3) is 4.80. The summed E-state index contributed by atoms with van der Waals surface area (Å²) >= 11 is 6.07. The quantitative estimate of drug-likeness (QED) is 0.753. The van der Waals surface area contributed by atoms with Gasteiger partial charge in [-0.2, -0.15) is 4.31 Å². The molecule has 1 aliphatic rings. The summed E-state index contributed by atoms with van der Waals surface area (Å²) in [4.78, 5) is 12.4. The number of sulfonamides is 1. The maximum absolute atomic E-state index is 12.8. The lowest BCUT2D eigenvalue weighted by Gasteiger charge is -2.26. The number of carbonyl (C=O) groups excluding carboxylic acids is 1. The number of anilines is 1. The Morgan fingerprint density at radius 2 is 1.89 bits per heavy atom. The number of ether oxygens (including phenoxy) is 1. The lowest BCUT2D eigenvalue weighted by Crippen LogP contribution is -2.40. The fourth-order valence-electron chi connectivity index (χ4n) is 2.78. The molecule has 2 aromatic rings. The topological polar surface area (TPSA) is 75.7 Å². The molecule has 0 radical (unpaired) electrons. The van der Waals surface area contributed by atoms with E-state index in [4.69, 9.17) is 16.3 Å². The lowest BCUT2D eigenvalue weighted by atomic mass is 10.2. The molecular weight excluding hydrogens is 400 g/mol. The summed E-state index contributed by atoms with van der Waals surface area (Å²) in [5.41, 5.74) is 1.93. The van der Waals surface area contributed by atoms with Gasteiger partial charge in [-0.3, -0.25) is 4.79 Å². The first-order valence-corrected chi connectivity index (χ1v) is 10.6. The first kappa shape index (κ1) is 20.5. The number of hydrogen-bond donors (Lipinski definition) is 1. The van der Waals surface area contributed by atoms with Gasteiger partial charge in [0.2, 0.25) is 15.9 Å². The van der Waals surface area contributed by atoms with Crippen LogP contribution in [-0.2, 0) is 19.6 Å². The molecule has 1 fully saturated rings. The minimum Gasteiger partial charge on any atom is -0.379 e. The Bertz CT molecular complexity index is 999. The van der Waals surface area contributed by atoms with Crippen LogP contribution in [0, 0.1) is 6.92 Å². The summed E-state index contributed by atoms with van der Waals surface area (Å²) in [6.07, 6.45) is 2.98. The van der Waals surface area contributed by atoms with Gasteiger partial charge in [-0.1, -0.05) is 35.9 Å². The molecule has 8 heteroatoms. The molecule has 0 aromatic heterocycles. The smallest absolute Gasteiger partial charge is 0.248 e. The number of carbonyl (C=O) groups is 1. The average molecular weight is 421 g/mol. The molecule has 0 spiro atoms. The number of halogens is 1. The fraction of sp³-hybridized carbons (Fsp3) is 0.250. The van der Waals surface area contributed by atoms with Crippen LogP contribution in [0.25, 0.3) is 6.08 Å². The van der Waals surface area contributed by atoms with E-state index in [1.165, 1.54) is 16.4 Å². The Hall–Kier alpha value is -2.19. The first-order chi connectivity index (χ1) is 13.4. The van der Waals surface area contributed by atoms with Gasteiger partial charge in [0, 0.05) is 29.9 Å². The summed E-state index contributed by atoms with van der Waals surface area (Å²) in [7, 11) is -3.63. The van der Waals surface area contributed by atoms with Gasteiger partial charge in [0.25, 0.3) is 0 Å². The molecule has 1 N–H and O–H groups in total. The van der Waals surface area contributed by atoms with E-state index < -0.39 is 10.0 Å². The summed E-state index contributed by atoms with van der Waals surface area (Å²) in [6, 6.07) is 11.9. The third-order valence-electron chi connectivity index (χ3n) is 4.39. The normalized spacial score (nSPS) is 15.6. The summed E-state index contributed by atoms with van der Waals surface area (Å²) < 4.78 is 32.2. The molecule has 148 valence electrons. The highest BCUT2D eigenvalue weighted by molar-refractivity contribution is 7.89. The van der Waals surface area contributed by atoms with E-state index in [2.05, 4.69) is 5.32 Å². The predicted octanol–water partition coefficient (Wildman–Crippen LogP) is 3.32. The van der Waals surface area contributed by atoms with Crippen LogP contribution in [0.15, 0.2) is 53.4 Å². The maximum atomic E-state index is 12.8. The molecule has 2 aromatic carbocycles. The van der Waals surface area contributed by atoms with Crippen LogP contribution >= 0.6 is 11.6 Å². The lowest BCUT2D eigenvalue weighted by molar-refractivity contribution is -0.111. The molecule has 1 heterocycles. The number of benzene rings is 2. The standard InChI is InChI=1S/C20H21ClN2O4S/c1-15-6-8-17(28(25,26)23-10-12-27-13-11-23)14-19(15)22-20(24)9-7-16-4-2-3-5-18(16)21/h2-9,14H,10-13H2,1H3,(H,22,24)/b9-7+. The van der Waals surface area contributed by atoms with Gasteiger partial charge in [0.05, 0.1) is 18.1 Å².